The monoisotopic (exact) mass is 567 g/mol. The molecule has 7 nitrogen and oxygen atoms in total. The number of rotatable bonds is 7. The Labute approximate surface area is 236 Å². The Morgan fingerprint density at radius 2 is 1.88 bits per heavy atom. The Bertz CT molecular complexity index is 1510. The van der Waals surface area contributed by atoms with E-state index in [1.165, 1.54) is 0 Å². The molecule has 0 unspecified atom stereocenters. The molecule has 3 aliphatic rings. The molecule has 1 amide bonds. The second-order valence-electron chi connectivity index (χ2n) is 11.2. The second-order valence-corrected chi connectivity index (χ2v) is 11.2. The quantitative estimate of drug-likeness (QED) is 0.289. The van der Waals surface area contributed by atoms with Gasteiger partial charge >= 0.3 is 12.3 Å². The first-order valence-corrected chi connectivity index (χ1v) is 14.0. The Morgan fingerprint density at radius 1 is 1.10 bits per heavy atom. The Kier molecular flexibility index (Phi) is 7.03. The van der Waals surface area contributed by atoms with E-state index in [4.69, 9.17) is 14.0 Å². The predicted molar refractivity (Wildman–Crippen MR) is 145 cm³/mol. The highest BCUT2D eigenvalue weighted by atomic mass is 19.4. The predicted octanol–water partition coefficient (Wildman–Crippen LogP) is 7.86. The number of benzene rings is 2. The van der Waals surface area contributed by atoms with Crippen molar-refractivity contribution < 1.29 is 32.0 Å². The number of hydrogen-bond donors (Lipinski definition) is 0. The average molecular weight is 568 g/mol. The minimum absolute atomic E-state index is 0.323. The van der Waals surface area contributed by atoms with E-state index in [9.17, 15) is 18.0 Å². The number of aromatic nitrogens is 2. The van der Waals surface area contributed by atoms with Crippen LogP contribution in [0.15, 0.2) is 46.5 Å². The first-order chi connectivity index (χ1) is 19.6. The topological polar surface area (TPSA) is 77.7 Å². The molecule has 2 fully saturated rings. The molecule has 2 atom stereocenters. The van der Waals surface area contributed by atoms with Crippen LogP contribution >= 0.6 is 0 Å². The smallest absolute Gasteiger partial charge is 0.416 e. The van der Waals surface area contributed by atoms with Gasteiger partial charge in [0.05, 0.1) is 18.7 Å². The van der Waals surface area contributed by atoms with Gasteiger partial charge in [-0.3, -0.25) is 4.90 Å². The molecule has 0 radical (unpaired) electrons. The first-order valence-electron chi connectivity index (χ1n) is 14.0. The molecule has 3 aromatic rings. The van der Waals surface area contributed by atoms with E-state index in [-0.39, 0.29) is 0 Å². The van der Waals surface area contributed by atoms with Crippen molar-refractivity contribution >= 4 is 11.7 Å². The van der Waals surface area contributed by atoms with Crippen LogP contribution in [0.25, 0.3) is 17.0 Å². The van der Waals surface area contributed by atoms with Gasteiger partial charge in [-0.05, 0) is 99.4 Å². The van der Waals surface area contributed by atoms with E-state index in [0.717, 1.165) is 78.8 Å². The fourth-order valence-electron chi connectivity index (χ4n) is 5.91. The minimum atomic E-state index is -4.48. The van der Waals surface area contributed by atoms with Gasteiger partial charge in [0.1, 0.15) is 11.9 Å². The summed E-state index contributed by atoms with van der Waals surface area (Å²) >= 11 is 0. The van der Waals surface area contributed by atoms with Crippen molar-refractivity contribution in [3.8, 4) is 17.2 Å². The highest BCUT2D eigenvalue weighted by Gasteiger charge is 2.41. The maximum atomic E-state index is 13.5. The molecule has 1 aromatic heterocycles. The standard InChI is InChI=1S/C31H32F3N3O4/c1-17-12-22(14-23(13-17)31(32,33)34)27-18(2)37(30(38)40-27)16-21-6-4-5-7-24(21)25-15-20(10-11-26(25)39-3)29-35-28(36-41-29)19-8-9-19/h10-15,18-19,27H,4-9,16H2,1-3H3/t18-,27-/m0/s1. The molecule has 2 aliphatic carbocycles. The molecule has 1 saturated carbocycles. The number of alkyl halides is 3. The number of methoxy groups -OCH3 is 1. The summed E-state index contributed by atoms with van der Waals surface area (Å²) in [5, 5.41) is 4.15. The number of cyclic esters (lactones) is 1. The lowest BCUT2D eigenvalue weighted by Gasteiger charge is -2.27. The summed E-state index contributed by atoms with van der Waals surface area (Å²) in [7, 11) is 1.63. The number of hydrogen-bond acceptors (Lipinski definition) is 6. The van der Waals surface area contributed by atoms with Gasteiger partial charge in [0.25, 0.3) is 5.89 Å². The molecule has 2 aromatic carbocycles. The van der Waals surface area contributed by atoms with Crippen LogP contribution in [0, 0.1) is 6.92 Å². The maximum Gasteiger partial charge on any atom is 0.416 e. The number of nitrogens with zero attached hydrogens (tertiary/aromatic N) is 3. The van der Waals surface area contributed by atoms with Gasteiger partial charge < -0.3 is 14.0 Å². The molecule has 10 heteroatoms. The highest BCUT2D eigenvalue weighted by molar-refractivity contribution is 5.78. The lowest BCUT2D eigenvalue weighted by Crippen LogP contribution is -2.34. The van der Waals surface area contributed by atoms with E-state index >= 15 is 0 Å². The van der Waals surface area contributed by atoms with Crippen LogP contribution in [-0.4, -0.2) is 40.8 Å². The van der Waals surface area contributed by atoms with Gasteiger partial charge in [-0.15, -0.1) is 0 Å². The van der Waals surface area contributed by atoms with Crippen molar-refractivity contribution in [2.45, 2.75) is 76.6 Å². The van der Waals surface area contributed by atoms with E-state index in [1.54, 1.807) is 25.0 Å². The van der Waals surface area contributed by atoms with Crippen molar-refractivity contribution in [3.63, 3.8) is 0 Å². The third-order valence-corrected chi connectivity index (χ3v) is 8.25. The van der Waals surface area contributed by atoms with Crippen molar-refractivity contribution in [2.24, 2.45) is 0 Å². The van der Waals surface area contributed by atoms with Crippen molar-refractivity contribution in [2.75, 3.05) is 13.7 Å². The highest BCUT2D eigenvalue weighted by Crippen LogP contribution is 2.43. The number of carbonyl (C=O) groups is 1. The zero-order valence-corrected chi connectivity index (χ0v) is 23.3. The largest absolute Gasteiger partial charge is 0.496 e. The Hall–Kier alpha value is -3.82. The van der Waals surface area contributed by atoms with Gasteiger partial charge in [-0.1, -0.05) is 16.8 Å². The van der Waals surface area contributed by atoms with E-state index in [2.05, 4.69) is 10.1 Å². The van der Waals surface area contributed by atoms with E-state index in [1.807, 2.05) is 25.1 Å². The normalized spacial score (nSPS) is 21.4. The maximum absolute atomic E-state index is 13.5. The number of allylic oxidation sites excluding steroid dienone is 1. The summed E-state index contributed by atoms with van der Waals surface area (Å²) in [5.41, 5.74) is 3.95. The summed E-state index contributed by atoms with van der Waals surface area (Å²) in [6.07, 6.45) is -0.0979. The van der Waals surface area contributed by atoms with Crippen LogP contribution < -0.4 is 4.74 Å². The second kappa shape index (κ2) is 10.5. The Morgan fingerprint density at radius 3 is 2.61 bits per heavy atom. The van der Waals surface area contributed by atoms with Gasteiger partial charge in [-0.25, -0.2) is 4.79 Å². The molecule has 0 bridgehead atoms. The molecule has 1 saturated heterocycles. The fourth-order valence-corrected chi connectivity index (χ4v) is 5.91. The van der Waals surface area contributed by atoms with Crippen LogP contribution in [0.1, 0.15) is 85.5 Å². The number of aryl methyl sites for hydroxylation is 1. The number of ether oxygens (including phenoxy) is 2. The molecule has 1 aliphatic heterocycles. The minimum Gasteiger partial charge on any atom is -0.496 e. The molecule has 216 valence electrons. The third kappa shape index (κ3) is 5.44. The summed E-state index contributed by atoms with van der Waals surface area (Å²) in [6.45, 7) is 3.76. The molecule has 6 rings (SSSR count). The molecule has 2 heterocycles. The van der Waals surface area contributed by atoms with Crippen LogP contribution in [0.5, 0.6) is 5.75 Å². The molecule has 41 heavy (non-hydrogen) atoms. The molecular formula is C31H32F3N3O4. The third-order valence-electron chi connectivity index (χ3n) is 8.25. The number of halogens is 3. The van der Waals surface area contributed by atoms with E-state index < -0.39 is 30.0 Å². The fraction of sp³-hybridized carbons (Fsp3) is 0.452. The average Bonchev–Trinajstić information content (AvgIpc) is 3.61. The van der Waals surface area contributed by atoms with Gasteiger partial charge in [0, 0.05) is 23.6 Å². The zero-order valence-electron chi connectivity index (χ0n) is 23.3. The number of carbonyl (C=O) groups excluding carboxylic acids is 1. The number of amides is 1. The SMILES string of the molecule is COc1ccc(-c2nc(C3CC3)no2)cc1C1=C(CN2C(=O)O[C@H](c3cc(C)cc(C(F)(F)F)c3)[C@@H]2C)CCCC1. The van der Waals surface area contributed by atoms with Crippen molar-refractivity contribution in [1.82, 2.24) is 15.0 Å². The summed E-state index contributed by atoms with van der Waals surface area (Å²) in [6, 6.07) is 9.18. The van der Waals surface area contributed by atoms with Gasteiger partial charge in [-0.2, -0.15) is 18.2 Å². The van der Waals surface area contributed by atoms with Crippen LogP contribution in [0.4, 0.5) is 18.0 Å². The van der Waals surface area contributed by atoms with Crippen molar-refractivity contribution in [3.05, 3.63) is 70.0 Å². The summed E-state index contributed by atoms with van der Waals surface area (Å²) in [5.74, 6) is 2.29. The molecule has 0 spiro atoms. The summed E-state index contributed by atoms with van der Waals surface area (Å²) in [4.78, 5) is 19.3. The lowest BCUT2D eigenvalue weighted by molar-refractivity contribution is -0.137. The van der Waals surface area contributed by atoms with Crippen LogP contribution in [-0.2, 0) is 10.9 Å². The van der Waals surface area contributed by atoms with Crippen molar-refractivity contribution in [1.29, 1.82) is 0 Å². The van der Waals surface area contributed by atoms with Gasteiger partial charge in [0.15, 0.2) is 5.82 Å². The Balaban J connectivity index is 1.31. The molecule has 0 N–H and O–H groups in total. The van der Waals surface area contributed by atoms with Crippen LogP contribution in [0.2, 0.25) is 0 Å². The van der Waals surface area contributed by atoms with Crippen LogP contribution in [0.3, 0.4) is 0 Å². The van der Waals surface area contributed by atoms with Gasteiger partial charge in [0.2, 0.25) is 0 Å². The first kappa shape index (κ1) is 27.4. The molecular weight excluding hydrogens is 535 g/mol. The lowest BCUT2D eigenvalue weighted by atomic mass is 9.85. The zero-order chi connectivity index (χ0) is 28.9. The van der Waals surface area contributed by atoms with E-state index in [0.29, 0.717) is 35.2 Å². The summed E-state index contributed by atoms with van der Waals surface area (Å²) < 4.78 is 57.4.